The van der Waals surface area contributed by atoms with Crippen molar-refractivity contribution in [3.63, 3.8) is 0 Å². The van der Waals surface area contributed by atoms with E-state index in [0.717, 1.165) is 96.9 Å². The minimum Gasteiger partial charge on any atom is -0.481 e. The summed E-state index contributed by atoms with van der Waals surface area (Å²) in [6, 6.07) is 0. The molecule has 0 rings (SSSR count). The Kier molecular flexibility index (Phi) is 183. The zero-order chi connectivity index (χ0) is 112. The first kappa shape index (κ1) is 191. The van der Waals surface area contributed by atoms with E-state index < -0.39 is 224 Å². The summed E-state index contributed by atoms with van der Waals surface area (Å²) in [7, 11) is 0. The van der Waals surface area contributed by atoms with Gasteiger partial charge in [-0.15, -0.1) is 0 Å². The molecule has 0 aromatic carbocycles. The van der Waals surface area contributed by atoms with Crippen molar-refractivity contribution < 1.29 is 305 Å². The molecular weight excluding hydrogens is 2060 g/mol. The maximum atomic E-state index is 9.90. The fourth-order valence-electron chi connectivity index (χ4n) is 2.76. The Balaban J connectivity index is -0.0000000457. The number of aliphatic carboxylic acids is 24. The van der Waals surface area contributed by atoms with Crippen LogP contribution in [0.2, 0.25) is 0 Å². The molecule has 0 atom stereocenters. The number of Topliss-reactive ketones (excluding diaryl/α,β-unsaturated/α-hetero) is 14. The summed E-state index contributed by atoms with van der Waals surface area (Å²) < 4.78 is 0. The predicted molar refractivity (Wildman–Crippen MR) is 454 cm³/mol. The Morgan fingerprint density at radius 2 is 0.129 bits per heavy atom. The SMILES string of the molecule is CC(=O)C(=O)O.CC(=O)C(=O)O.CC(=O)C(=O)O.CC(=O)C(=O)O.CC(=O)C(=O)O.CC(=O)C(=O)O.CC(=O)C(=O)O.CC(=O)C(=O)O.CC(=O)C(=O)O.CC(=O)C(=O)O.CC(=O)C(=O)O.CC(=O)C(=O)O.CC(=O)C(=O)O.CC(=O)C(=O)O.O=C(O)CCCCC(=O)O.O=C(O)CCCCC(=O)O.O=C(O)CCCCC(=O)O.O=C(O)CCCCC(=O)O.O=C(O)CCCCC(=O)O.[Ca+2].[Ca+2].[Ca+2].[Ca+2].[Ca+2]. The van der Waals surface area contributed by atoms with E-state index in [2.05, 4.69) is 0 Å². The van der Waals surface area contributed by atoms with Gasteiger partial charge in [-0.25, -0.2) is 67.1 Å². The third-order valence-corrected chi connectivity index (χ3v) is 9.37. The van der Waals surface area contributed by atoms with Crippen LogP contribution in [0.15, 0.2) is 0 Å². The number of carbonyl (C=O) groups is 38. The summed E-state index contributed by atoms with van der Waals surface area (Å²) in [5.41, 5.74) is 0. The van der Waals surface area contributed by atoms with E-state index in [1.165, 1.54) is 0 Å². The van der Waals surface area contributed by atoms with Crippen LogP contribution in [0.4, 0.5) is 0 Å². The Morgan fingerprint density at radius 1 is 0.101 bits per heavy atom. The average Bonchev–Trinajstić information content (AvgIpc) is 1.21. The monoisotopic (exact) mass is 2160 g/mol. The standard InChI is InChI=1S/5C6H10O4.14C3H4O3.5Ca/c5*7-5(8)3-1-2-4-6(9)10;14*1-2(4)3(5)6;;;;;/h5*1-4H2,(H,7,8)(H,9,10);14*1H3,(H,5,6);;;;;/q;;;;;;;;;;;;;;;;;;;5*+2. The molecule has 0 amide bonds. The minimum atomic E-state index is -1.38. The molecular formula is C72H106Ca5O62+10. The smallest absolute Gasteiger partial charge is 0.481 e. The largest absolute Gasteiger partial charge is 2.00 e. The first-order valence-corrected chi connectivity index (χ1v) is 34.7. The van der Waals surface area contributed by atoms with E-state index in [-0.39, 0.29) is 253 Å². The van der Waals surface area contributed by atoms with Crippen LogP contribution in [0.3, 0.4) is 0 Å². The number of carboxylic acids is 24. The zero-order valence-electron chi connectivity index (χ0n) is 76.9. The van der Waals surface area contributed by atoms with Crippen molar-refractivity contribution in [2.24, 2.45) is 0 Å². The van der Waals surface area contributed by atoms with Crippen molar-refractivity contribution in [2.75, 3.05) is 0 Å². The molecule has 0 aliphatic carbocycles. The Hall–Kier alpha value is -11.0. The summed E-state index contributed by atoms with van der Waals surface area (Å²) in [6.45, 7) is 14.0. The molecule has 0 aromatic heterocycles. The molecule has 0 radical (unpaired) electrons. The molecule has 0 saturated carbocycles. The fraction of sp³-hybridized carbons (Fsp3) is 0.472. The summed E-state index contributed by atoms with van der Waals surface area (Å²) in [5, 5.41) is 188. The molecule has 139 heavy (non-hydrogen) atoms. The molecule has 0 aromatic rings. The number of hydrogen-bond acceptors (Lipinski definition) is 38. The van der Waals surface area contributed by atoms with Crippen molar-refractivity contribution >= 4 is 413 Å². The van der Waals surface area contributed by atoms with Gasteiger partial charge in [0.1, 0.15) is 0 Å². The van der Waals surface area contributed by atoms with Crippen molar-refractivity contribution in [3.8, 4) is 0 Å². The molecule has 0 bridgehead atoms. The zero-order valence-corrected chi connectivity index (χ0v) is 88.0. The van der Waals surface area contributed by atoms with E-state index in [1.807, 2.05) is 0 Å². The maximum Gasteiger partial charge on any atom is 2.00 e. The third-order valence-electron chi connectivity index (χ3n) is 9.37. The second-order valence-corrected chi connectivity index (χ2v) is 22.0. The molecule has 0 heterocycles. The molecule has 0 aliphatic heterocycles. The van der Waals surface area contributed by atoms with Crippen LogP contribution in [0.25, 0.3) is 0 Å². The summed E-state index contributed by atoms with van der Waals surface area (Å²) in [5.74, 6) is -39.6. The van der Waals surface area contributed by atoms with Gasteiger partial charge in [-0.05, 0) is 64.2 Å². The van der Waals surface area contributed by atoms with Gasteiger partial charge in [-0.2, -0.15) is 0 Å². The van der Waals surface area contributed by atoms with Gasteiger partial charge in [0.15, 0.2) is 0 Å². The fourth-order valence-corrected chi connectivity index (χ4v) is 2.76. The van der Waals surface area contributed by atoms with Crippen LogP contribution in [0, 0.1) is 0 Å². The van der Waals surface area contributed by atoms with Gasteiger partial charge in [0.2, 0.25) is 81.0 Å². The topological polar surface area (TPSA) is 1130 Å². The van der Waals surface area contributed by atoms with Gasteiger partial charge < -0.3 is 123 Å². The first-order chi connectivity index (χ1) is 60.1. The summed E-state index contributed by atoms with van der Waals surface area (Å²) in [6.07, 6.45) is 5.09. The molecule has 24 N–H and O–H groups in total. The maximum absolute atomic E-state index is 9.90. The predicted octanol–water partition coefficient (Wildman–Crippen LogP) is -3.08. The van der Waals surface area contributed by atoms with Crippen molar-refractivity contribution in [1.82, 2.24) is 0 Å². The molecule has 0 saturated heterocycles. The number of hydrogen-bond donors (Lipinski definition) is 24. The van der Waals surface area contributed by atoms with Crippen molar-refractivity contribution in [3.05, 3.63) is 0 Å². The van der Waals surface area contributed by atoms with Gasteiger partial charge >= 0.3 is 332 Å². The van der Waals surface area contributed by atoms with E-state index in [0.29, 0.717) is 64.2 Å². The van der Waals surface area contributed by atoms with Crippen LogP contribution in [-0.4, -0.2) is 535 Å². The van der Waals surface area contributed by atoms with Crippen molar-refractivity contribution in [2.45, 2.75) is 225 Å². The molecule has 67 heteroatoms. The molecule has 766 valence electrons. The van der Waals surface area contributed by atoms with Crippen LogP contribution in [-0.2, 0) is 182 Å². The van der Waals surface area contributed by atoms with E-state index >= 15 is 0 Å². The summed E-state index contributed by atoms with van der Waals surface area (Å²) >= 11 is 0. The number of ketones is 14. The molecule has 0 spiro atoms. The van der Waals surface area contributed by atoms with Crippen LogP contribution in [0.1, 0.15) is 225 Å². The second-order valence-electron chi connectivity index (χ2n) is 22.0. The molecule has 0 aliphatic rings. The number of carboxylic acid groups (broad SMARTS) is 24. The quantitative estimate of drug-likeness (QED) is 0.0165. The Labute approximate surface area is 933 Å². The van der Waals surface area contributed by atoms with Crippen LogP contribution >= 0.6 is 0 Å². The van der Waals surface area contributed by atoms with Gasteiger partial charge in [0.25, 0.3) is 0 Å². The van der Waals surface area contributed by atoms with Gasteiger partial charge in [0.05, 0.1) is 0 Å². The third kappa shape index (κ3) is 310. The Morgan fingerprint density at radius 3 is 0.144 bits per heavy atom. The Bertz CT molecular complexity index is 2880. The minimum absolute atomic E-state index is 0. The number of carbonyl (C=O) groups excluding carboxylic acids is 14. The van der Waals surface area contributed by atoms with E-state index in [9.17, 15) is 182 Å². The molecule has 0 unspecified atom stereocenters. The van der Waals surface area contributed by atoms with Crippen LogP contribution < -0.4 is 0 Å². The van der Waals surface area contributed by atoms with E-state index in [1.54, 1.807) is 0 Å². The number of rotatable bonds is 39. The first-order valence-electron chi connectivity index (χ1n) is 34.7. The van der Waals surface area contributed by atoms with Gasteiger partial charge in [-0.1, -0.05) is 0 Å². The van der Waals surface area contributed by atoms with Crippen LogP contribution in [0.5, 0.6) is 0 Å². The average molecular weight is 2160 g/mol. The summed E-state index contributed by atoms with van der Waals surface area (Å²) in [4.78, 5) is 363. The normalized spacial score (nSPS) is 7.84. The van der Waals surface area contributed by atoms with E-state index in [4.69, 9.17) is 123 Å². The molecule has 0 fully saturated rings. The van der Waals surface area contributed by atoms with Crippen molar-refractivity contribution in [1.29, 1.82) is 0 Å². The van der Waals surface area contributed by atoms with Gasteiger partial charge in [-0.3, -0.25) is 115 Å². The number of unbranched alkanes of at least 4 members (excludes halogenated alkanes) is 5. The van der Waals surface area contributed by atoms with Gasteiger partial charge in [0, 0.05) is 161 Å². The molecule has 62 nitrogen and oxygen atoms in total. The second kappa shape index (κ2) is 133.